The summed E-state index contributed by atoms with van der Waals surface area (Å²) >= 11 is 0. The highest BCUT2D eigenvalue weighted by Crippen LogP contribution is 2.35. The van der Waals surface area contributed by atoms with E-state index in [2.05, 4.69) is 0 Å². The first kappa shape index (κ1) is 26.1. The number of anilines is 2. The van der Waals surface area contributed by atoms with Crippen LogP contribution in [0.4, 0.5) is 11.4 Å². The molecule has 0 bridgehead atoms. The molecule has 0 spiro atoms. The van der Waals surface area contributed by atoms with Gasteiger partial charge < -0.3 is 14.2 Å². The molecule has 41 heavy (non-hydrogen) atoms. The number of hydrogen-bond donors (Lipinski definition) is 0. The first-order valence-electron chi connectivity index (χ1n) is 12.8. The standard InChI is InChI=1S/C32H24N2O7/c1-39-17-19-5-3-7-21(13-19)33-29(35)25-11-9-23(15-27(25)31(33)37)41-24-10-12-26-28(16-24)32(38)34(30(26)36)22-8-4-6-20(14-22)18-40-2/h3-16H,17-18H2,1-2H3. The number of fused-ring (bicyclic) bond motifs is 2. The minimum Gasteiger partial charge on any atom is -0.457 e. The van der Waals surface area contributed by atoms with Crippen LogP contribution in [0.2, 0.25) is 0 Å². The number of methoxy groups -OCH3 is 2. The summed E-state index contributed by atoms with van der Waals surface area (Å²) in [5.74, 6) is -1.18. The van der Waals surface area contributed by atoms with Crippen molar-refractivity contribution in [2.75, 3.05) is 24.0 Å². The minimum atomic E-state index is -0.467. The first-order chi connectivity index (χ1) is 19.9. The van der Waals surface area contributed by atoms with Gasteiger partial charge in [-0.3, -0.25) is 19.2 Å². The summed E-state index contributed by atoms with van der Waals surface area (Å²) in [5.41, 5.74) is 3.51. The molecule has 0 fully saturated rings. The van der Waals surface area contributed by atoms with Crippen LogP contribution < -0.4 is 14.5 Å². The molecule has 2 aliphatic heterocycles. The molecule has 0 saturated carbocycles. The number of hydrogen-bond acceptors (Lipinski definition) is 7. The van der Waals surface area contributed by atoms with Crippen LogP contribution in [-0.4, -0.2) is 37.8 Å². The fourth-order valence-corrected chi connectivity index (χ4v) is 5.08. The Morgan fingerprint density at radius 1 is 0.512 bits per heavy atom. The van der Waals surface area contributed by atoms with E-state index in [0.717, 1.165) is 20.9 Å². The van der Waals surface area contributed by atoms with Gasteiger partial charge in [-0.25, -0.2) is 9.80 Å². The third-order valence-electron chi connectivity index (χ3n) is 6.91. The van der Waals surface area contributed by atoms with Crippen LogP contribution in [0.5, 0.6) is 11.5 Å². The maximum absolute atomic E-state index is 13.3. The summed E-state index contributed by atoms with van der Waals surface area (Å²) in [5, 5.41) is 0. The highest BCUT2D eigenvalue weighted by atomic mass is 16.5. The van der Waals surface area contributed by atoms with Gasteiger partial charge in [0.15, 0.2) is 0 Å². The molecule has 0 radical (unpaired) electrons. The molecule has 0 aromatic heterocycles. The van der Waals surface area contributed by atoms with Crippen LogP contribution in [-0.2, 0) is 22.7 Å². The monoisotopic (exact) mass is 548 g/mol. The molecule has 4 amide bonds. The molecule has 0 unspecified atom stereocenters. The van der Waals surface area contributed by atoms with Crippen molar-refractivity contribution in [3.05, 3.63) is 118 Å². The Morgan fingerprint density at radius 3 is 1.34 bits per heavy atom. The van der Waals surface area contributed by atoms with Gasteiger partial charge in [-0.2, -0.15) is 0 Å². The SMILES string of the molecule is COCc1cccc(N2C(=O)c3ccc(Oc4ccc5c(c4)C(=O)N(c4cccc(COC)c4)C5=O)cc3C2=O)c1. The summed E-state index contributed by atoms with van der Waals surface area (Å²) in [6.45, 7) is 0.698. The first-order valence-corrected chi connectivity index (χ1v) is 12.8. The lowest BCUT2D eigenvalue weighted by Crippen LogP contribution is -2.29. The van der Waals surface area contributed by atoms with E-state index in [-0.39, 0.29) is 22.3 Å². The molecule has 6 rings (SSSR count). The van der Waals surface area contributed by atoms with E-state index in [1.165, 1.54) is 12.1 Å². The van der Waals surface area contributed by atoms with Gasteiger partial charge in [0, 0.05) is 14.2 Å². The van der Waals surface area contributed by atoms with Crippen LogP contribution in [0.3, 0.4) is 0 Å². The molecule has 204 valence electrons. The Balaban J connectivity index is 1.25. The third kappa shape index (κ3) is 4.57. The summed E-state index contributed by atoms with van der Waals surface area (Å²) in [4.78, 5) is 55.0. The van der Waals surface area contributed by atoms with E-state index in [1.54, 1.807) is 74.9 Å². The number of nitrogens with zero attached hydrogens (tertiary/aromatic N) is 2. The van der Waals surface area contributed by atoms with Crippen molar-refractivity contribution in [3.8, 4) is 11.5 Å². The molecule has 4 aromatic carbocycles. The quantitative estimate of drug-likeness (QED) is 0.273. The average Bonchev–Trinajstić information content (AvgIpc) is 3.37. The lowest BCUT2D eigenvalue weighted by atomic mass is 10.1. The fourth-order valence-electron chi connectivity index (χ4n) is 5.08. The predicted octanol–water partition coefficient (Wildman–Crippen LogP) is 5.37. The Morgan fingerprint density at radius 2 is 0.927 bits per heavy atom. The number of carbonyl (C=O) groups is 4. The third-order valence-corrected chi connectivity index (χ3v) is 6.91. The molecule has 0 atom stereocenters. The van der Waals surface area contributed by atoms with Crippen LogP contribution in [0.25, 0.3) is 0 Å². The zero-order valence-corrected chi connectivity index (χ0v) is 22.2. The van der Waals surface area contributed by atoms with Crippen molar-refractivity contribution >= 4 is 35.0 Å². The van der Waals surface area contributed by atoms with E-state index in [4.69, 9.17) is 14.2 Å². The summed E-state index contributed by atoms with van der Waals surface area (Å²) in [6.07, 6.45) is 0. The molecule has 2 aliphatic rings. The van der Waals surface area contributed by atoms with Crippen molar-refractivity contribution in [1.82, 2.24) is 0 Å². The lowest BCUT2D eigenvalue weighted by Gasteiger charge is -2.14. The number of carbonyl (C=O) groups excluding carboxylic acids is 4. The van der Waals surface area contributed by atoms with Crippen molar-refractivity contribution in [3.63, 3.8) is 0 Å². The highest BCUT2D eigenvalue weighted by molar-refractivity contribution is 6.35. The number of rotatable bonds is 8. The van der Waals surface area contributed by atoms with E-state index >= 15 is 0 Å². The second-order valence-corrected chi connectivity index (χ2v) is 9.61. The zero-order valence-electron chi connectivity index (χ0n) is 22.2. The maximum atomic E-state index is 13.3. The van der Waals surface area contributed by atoms with Crippen LogP contribution in [0.15, 0.2) is 84.9 Å². The van der Waals surface area contributed by atoms with Gasteiger partial charge in [-0.1, -0.05) is 24.3 Å². The maximum Gasteiger partial charge on any atom is 0.266 e. The van der Waals surface area contributed by atoms with Gasteiger partial charge in [-0.05, 0) is 71.8 Å². The zero-order chi connectivity index (χ0) is 28.7. The molecule has 0 N–H and O–H groups in total. The molecule has 0 aliphatic carbocycles. The van der Waals surface area contributed by atoms with Crippen molar-refractivity contribution < 1.29 is 33.4 Å². The molecular formula is C32H24N2O7. The highest BCUT2D eigenvalue weighted by Gasteiger charge is 2.38. The van der Waals surface area contributed by atoms with E-state index in [0.29, 0.717) is 36.1 Å². The van der Waals surface area contributed by atoms with Crippen molar-refractivity contribution in [2.24, 2.45) is 0 Å². The summed E-state index contributed by atoms with van der Waals surface area (Å²) in [6, 6.07) is 23.4. The van der Waals surface area contributed by atoms with Gasteiger partial charge >= 0.3 is 0 Å². The van der Waals surface area contributed by atoms with Crippen LogP contribution in [0, 0.1) is 0 Å². The topological polar surface area (TPSA) is 102 Å². The second-order valence-electron chi connectivity index (χ2n) is 9.61. The molecule has 0 saturated heterocycles. The number of benzene rings is 4. The largest absolute Gasteiger partial charge is 0.457 e. The van der Waals surface area contributed by atoms with E-state index in [1.807, 2.05) is 12.1 Å². The van der Waals surface area contributed by atoms with Crippen molar-refractivity contribution in [2.45, 2.75) is 13.2 Å². The normalized spacial score (nSPS) is 14.1. The second kappa shape index (κ2) is 10.5. The van der Waals surface area contributed by atoms with Gasteiger partial charge in [0.2, 0.25) is 0 Å². The average molecular weight is 549 g/mol. The van der Waals surface area contributed by atoms with Crippen molar-refractivity contribution in [1.29, 1.82) is 0 Å². The smallest absolute Gasteiger partial charge is 0.266 e. The Labute approximate surface area is 235 Å². The summed E-state index contributed by atoms with van der Waals surface area (Å²) < 4.78 is 16.3. The minimum absolute atomic E-state index is 0.208. The lowest BCUT2D eigenvalue weighted by molar-refractivity contribution is 0.0910. The van der Waals surface area contributed by atoms with Gasteiger partial charge in [-0.15, -0.1) is 0 Å². The Bertz CT molecular complexity index is 1620. The van der Waals surface area contributed by atoms with Gasteiger partial charge in [0.25, 0.3) is 23.6 Å². The fraction of sp³-hybridized carbons (Fsp3) is 0.125. The predicted molar refractivity (Wildman–Crippen MR) is 150 cm³/mol. The number of imide groups is 2. The van der Waals surface area contributed by atoms with Crippen LogP contribution >= 0.6 is 0 Å². The molecule has 9 nitrogen and oxygen atoms in total. The molecule has 4 aromatic rings. The number of amides is 4. The summed E-state index contributed by atoms with van der Waals surface area (Å²) in [7, 11) is 3.15. The Kier molecular flexibility index (Phi) is 6.66. The van der Waals surface area contributed by atoms with Gasteiger partial charge in [0.05, 0.1) is 46.8 Å². The van der Waals surface area contributed by atoms with Gasteiger partial charge in [0.1, 0.15) is 11.5 Å². The number of ether oxygens (including phenoxy) is 3. The van der Waals surface area contributed by atoms with Crippen LogP contribution in [0.1, 0.15) is 52.6 Å². The van der Waals surface area contributed by atoms with E-state index in [9.17, 15) is 19.2 Å². The molecular weight excluding hydrogens is 524 g/mol. The molecule has 9 heteroatoms. The Hall–Kier alpha value is -5.12. The van der Waals surface area contributed by atoms with E-state index < -0.39 is 23.6 Å². The molecule has 2 heterocycles.